The van der Waals surface area contributed by atoms with Crippen LogP contribution in [0.1, 0.15) is 12.5 Å². The van der Waals surface area contributed by atoms with Gasteiger partial charge in [0.1, 0.15) is 5.70 Å². The van der Waals surface area contributed by atoms with E-state index in [1.807, 2.05) is 50.6 Å². The molecule has 1 aromatic rings. The van der Waals surface area contributed by atoms with Gasteiger partial charge in [-0.3, -0.25) is 9.69 Å². The Hall–Kier alpha value is -1.33. The Kier molecular flexibility index (Phi) is 4.27. The third-order valence-corrected chi connectivity index (χ3v) is 4.32. The second-order valence-corrected chi connectivity index (χ2v) is 5.44. The molecule has 1 amide bonds. The number of carbonyl (C=O) groups is 1. The van der Waals surface area contributed by atoms with Crippen molar-refractivity contribution in [3.05, 3.63) is 35.5 Å². The summed E-state index contributed by atoms with van der Waals surface area (Å²) < 4.78 is 0. The van der Waals surface area contributed by atoms with Crippen molar-refractivity contribution in [3.63, 3.8) is 0 Å². The van der Waals surface area contributed by atoms with E-state index in [1.54, 1.807) is 21.6 Å². The highest BCUT2D eigenvalue weighted by Gasteiger charge is 2.34. The molecule has 100 valence electrons. The van der Waals surface area contributed by atoms with Gasteiger partial charge in [-0.25, -0.2) is 0 Å². The molecule has 19 heavy (non-hydrogen) atoms. The second kappa shape index (κ2) is 5.75. The highest BCUT2D eigenvalue weighted by Crippen LogP contribution is 2.23. The smallest absolute Gasteiger partial charge is 0.276 e. The zero-order valence-corrected chi connectivity index (χ0v) is 12.8. The third kappa shape index (κ3) is 2.67. The Morgan fingerprint density at radius 3 is 2.42 bits per heavy atom. The molecule has 0 saturated carbocycles. The number of carbonyl (C=O) groups excluding carboxylic acids is 1. The maximum Gasteiger partial charge on any atom is 0.276 e. The van der Waals surface area contributed by atoms with Gasteiger partial charge in [-0.05, 0) is 49.2 Å². The zero-order chi connectivity index (χ0) is 14.0. The van der Waals surface area contributed by atoms with Gasteiger partial charge in [0.05, 0.1) is 0 Å². The molecule has 1 heterocycles. The van der Waals surface area contributed by atoms with Crippen LogP contribution in [-0.2, 0) is 4.79 Å². The van der Waals surface area contributed by atoms with Gasteiger partial charge in [0.15, 0.2) is 5.11 Å². The molecule has 5 heteroatoms. The molecule has 0 N–H and O–H groups in total. The zero-order valence-electron chi connectivity index (χ0n) is 11.2. The summed E-state index contributed by atoms with van der Waals surface area (Å²) in [6, 6.07) is 8.12. The molecule has 1 aromatic carbocycles. The van der Waals surface area contributed by atoms with Gasteiger partial charge in [0.25, 0.3) is 5.91 Å². The monoisotopic (exact) mass is 292 g/mol. The van der Waals surface area contributed by atoms with Crippen molar-refractivity contribution in [1.82, 2.24) is 9.80 Å². The van der Waals surface area contributed by atoms with Crippen LogP contribution in [0.3, 0.4) is 0 Å². The summed E-state index contributed by atoms with van der Waals surface area (Å²) in [4.78, 5) is 16.8. The molecule has 0 unspecified atom stereocenters. The van der Waals surface area contributed by atoms with Crippen LogP contribution in [-0.4, -0.2) is 40.7 Å². The first-order valence-electron chi connectivity index (χ1n) is 6.03. The largest absolute Gasteiger partial charge is 0.317 e. The van der Waals surface area contributed by atoms with Crippen molar-refractivity contribution in [3.8, 4) is 0 Å². The Labute approximate surface area is 123 Å². The number of likely N-dealkylation sites (N-methyl/N-ethyl adjacent to an activating group) is 2. The predicted octanol–water partition coefficient (Wildman–Crippen LogP) is 2.83. The van der Waals surface area contributed by atoms with Gasteiger partial charge >= 0.3 is 0 Å². The van der Waals surface area contributed by atoms with Crippen LogP contribution in [0.15, 0.2) is 34.9 Å². The number of amides is 1. The minimum atomic E-state index is -0.0241. The minimum Gasteiger partial charge on any atom is -0.317 e. The number of thiocarbonyl (C=S) groups is 1. The van der Waals surface area contributed by atoms with Gasteiger partial charge in [-0.15, -0.1) is 11.8 Å². The molecular formula is C14H16N2OS2. The van der Waals surface area contributed by atoms with E-state index in [-0.39, 0.29) is 5.91 Å². The molecule has 0 aliphatic carbocycles. The van der Waals surface area contributed by atoms with Crippen molar-refractivity contribution in [2.45, 2.75) is 11.8 Å². The highest BCUT2D eigenvalue weighted by atomic mass is 32.2. The predicted molar refractivity (Wildman–Crippen MR) is 83.9 cm³/mol. The average molecular weight is 292 g/mol. The van der Waals surface area contributed by atoms with E-state index in [2.05, 4.69) is 0 Å². The first-order chi connectivity index (χ1) is 9.08. The van der Waals surface area contributed by atoms with Crippen LogP contribution in [0.25, 0.3) is 6.08 Å². The topological polar surface area (TPSA) is 23.6 Å². The molecular weight excluding hydrogens is 276 g/mol. The quantitative estimate of drug-likeness (QED) is 0.485. The number of hydrogen-bond acceptors (Lipinski definition) is 3. The highest BCUT2D eigenvalue weighted by molar-refractivity contribution is 7.98. The number of rotatable bonds is 3. The summed E-state index contributed by atoms with van der Waals surface area (Å²) in [6.45, 7) is 2.53. The molecule has 0 atom stereocenters. The molecule has 0 radical (unpaired) electrons. The van der Waals surface area contributed by atoms with E-state index in [1.165, 1.54) is 4.90 Å². The summed E-state index contributed by atoms with van der Waals surface area (Å²) in [6.07, 6.45) is 3.92. The van der Waals surface area contributed by atoms with Gasteiger partial charge in [0, 0.05) is 18.5 Å². The lowest BCUT2D eigenvalue weighted by molar-refractivity contribution is -0.122. The molecule has 0 aromatic heterocycles. The second-order valence-electron chi connectivity index (χ2n) is 4.19. The van der Waals surface area contributed by atoms with Gasteiger partial charge in [-0.1, -0.05) is 12.1 Å². The molecule has 1 aliphatic heterocycles. The van der Waals surface area contributed by atoms with Crippen LogP contribution < -0.4 is 0 Å². The number of benzene rings is 1. The van der Waals surface area contributed by atoms with Crippen LogP contribution in [0.5, 0.6) is 0 Å². The number of nitrogens with zero attached hydrogens (tertiary/aromatic N) is 2. The summed E-state index contributed by atoms with van der Waals surface area (Å²) in [5.74, 6) is -0.0241. The van der Waals surface area contributed by atoms with E-state index in [0.29, 0.717) is 17.4 Å². The SMILES string of the molecule is CCN1C(=O)/C(=C\c2ccc(SC)cc2)N(C)C1=S. The molecule has 2 rings (SSSR count). The Balaban J connectivity index is 2.32. The molecule has 3 nitrogen and oxygen atoms in total. The van der Waals surface area contributed by atoms with E-state index < -0.39 is 0 Å². The minimum absolute atomic E-state index is 0.0241. The van der Waals surface area contributed by atoms with Gasteiger partial charge < -0.3 is 4.90 Å². The summed E-state index contributed by atoms with van der Waals surface area (Å²) in [5, 5.41) is 0.569. The number of thioether (sulfide) groups is 1. The van der Waals surface area contributed by atoms with Crippen molar-refractivity contribution < 1.29 is 4.79 Å². The Morgan fingerprint density at radius 1 is 1.32 bits per heavy atom. The Bertz CT molecular complexity index is 537. The van der Waals surface area contributed by atoms with Crippen LogP contribution in [0, 0.1) is 0 Å². The van der Waals surface area contributed by atoms with Crippen molar-refractivity contribution in [1.29, 1.82) is 0 Å². The van der Waals surface area contributed by atoms with Crippen LogP contribution in [0.2, 0.25) is 0 Å². The third-order valence-electron chi connectivity index (χ3n) is 3.08. The maximum atomic E-state index is 12.2. The standard InChI is InChI=1S/C14H16N2OS2/c1-4-16-13(17)12(15(2)14(16)18)9-10-5-7-11(19-3)8-6-10/h5-9H,4H2,1-3H3/b12-9+. The first kappa shape index (κ1) is 14.1. The lowest BCUT2D eigenvalue weighted by Crippen LogP contribution is -2.30. The van der Waals surface area contributed by atoms with Gasteiger partial charge in [0.2, 0.25) is 0 Å². The maximum absolute atomic E-state index is 12.2. The first-order valence-corrected chi connectivity index (χ1v) is 7.67. The van der Waals surface area contributed by atoms with E-state index in [4.69, 9.17) is 12.2 Å². The van der Waals surface area contributed by atoms with Crippen molar-refractivity contribution in [2.24, 2.45) is 0 Å². The van der Waals surface area contributed by atoms with E-state index >= 15 is 0 Å². The van der Waals surface area contributed by atoms with E-state index in [9.17, 15) is 4.79 Å². The van der Waals surface area contributed by atoms with Gasteiger partial charge in [-0.2, -0.15) is 0 Å². The van der Waals surface area contributed by atoms with Crippen LogP contribution in [0.4, 0.5) is 0 Å². The molecule has 0 bridgehead atoms. The van der Waals surface area contributed by atoms with Crippen molar-refractivity contribution >= 4 is 41.1 Å². The lowest BCUT2D eigenvalue weighted by atomic mass is 10.2. The average Bonchev–Trinajstić information content (AvgIpc) is 2.63. The molecule has 1 aliphatic rings. The normalized spacial score (nSPS) is 17.7. The fourth-order valence-electron chi connectivity index (χ4n) is 1.95. The lowest BCUT2D eigenvalue weighted by Gasteiger charge is -2.13. The van der Waals surface area contributed by atoms with Crippen molar-refractivity contribution in [2.75, 3.05) is 19.8 Å². The fraction of sp³-hybridized carbons (Fsp3) is 0.286. The number of hydrogen-bond donors (Lipinski definition) is 0. The molecule has 1 fully saturated rings. The fourth-order valence-corrected chi connectivity index (χ4v) is 2.67. The molecule has 1 saturated heterocycles. The van der Waals surface area contributed by atoms with Crippen LogP contribution >= 0.6 is 24.0 Å². The summed E-state index contributed by atoms with van der Waals surface area (Å²) in [7, 11) is 1.83. The summed E-state index contributed by atoms with van der Waals surface area (Å²) in [5.41, 5.74) is 1.64. The van der Waals surface area contributed by atoms with E-state index in [0.717, 1.165) is 5.56 Å². The molecule has 0 spiro atoms. The summed E-state index contributed by atoms with van der Waals surface area (Å²) >= 11 is 6.96. The Morgan fingerprint density at radius 2 is 1.95 bits per heavy atom.